The summed E-state index contributed by atoms with van der Waals surface area (Å²) in [4.78, 5) is 13.5. The number of benzene rings is 1. The molecular formula is C8H6BrN2O2+. The molecule has 5 heteroatoms. The fraction of sp³-hybridized carbons (Fsp3) is 0. The van der Waals surface area contributed by atoms with Crippen molar-refractivity contribution in [3.05, 3.63) is 34.3 Å². The van der Waals surface area contributed by atoms with E-state index in [0.29, 0.717) is 5.56 Å². The Bertz CT molecular complexity index is 380. The quantitative estimate of drug-likeness (QED) is 0.469. The van der Waals surface area contributed by atoms with Gasteiger partial charge in [0.15, 0.2) is 0 Å². The minimum atomic E-state index is -1.20. The van der Waals surface area contributed by atoms with E-state index < -0.39 is 5.97 Å². The van der Waals surface area contributed by atoms with E-state index in [1.54, 1.807) is 24.3 Å². The van der Waals surface area contributed by atoms with Crippen LogP contribution in [0.25, 0.3) is 0 Å². The van der Waals surface area contributed by atoms with Gasteiger partial charge in [0.1, 0.15) is 0 Å². The van der Waals surface area contributed by atoms with Gasteiger partial charge in [0.25, 0.3) is 0 Å². The first kappa shape index (κ1) is 9.64. The van der Waals surface area contributed by atoms with E-state index in [4.69, 9.17) is 10.6 Å². The van der Waals surface area contributed by atoms with Gasteiger partial charge in [-0.25, -0.2) is 4.79 Å². The molecule has 4 nitrogen and oxygen atoms in total. The Hall–Kier alpha value is -1.45. The topological polar surface area (TPSA) is 75.2 Å². The Balaban J connectivity index is 3.15. The number of carboxylic acid groups (broad SMARTS) is 1. The van der Waals surface area contributed by atoms with Gasteiger partial charge in [-0.1, -0.05) is 15.9 Å². The van der Waals surface area contributed by atoms with Crippen molar-refractivity contribution in [2.24, 2.45) is 0 Å². The largest absolute Gasteiger partial charge is 0.472 e. The molecule has 0 unspecified atom stereocenters. The second-order valence-corrected chi connectivity index (χ2v) is 3.19. The highest BCUT2D eigenvalue weighted by Crippen LogP contribution is 2.10. The molecule has 0 aliphatic carbocycles. The van der Waals surface area contributed by atoms with Gasteiger partial charge in [0, 0.05) is 4.47 Å². The van der Waals surface area contributed by atoms with Crippen LogP contribution in [0.2, 0.25) is 0 Å². The van der Waals surface area contributed by atoms with Gasteiger partial charge in [0.05, 0.1) is 15.9 Å². The first-order valence-corrected chi connectivity index (χ1v) is 4.18. The van der Waals surface area contributed by atoms with Crippen LogP contribution in [0.5, 0.6) is 0 Å². The third-order valence-corrected chi connectivity index (χ3v) is 1.96. The molecule has 0 fully saturated rings. The van der Waals surface area contributed by atoms with Crippen molar-refractivity contribution in [2.75, 3.05) is 0 Å². The number of hydrogen-bond donors (Lipinski definition) is 2. The summed E-state index contributed by atoms with van der Waals surface area (Å²) in [5.41, 5.74) is 6.84. The van der Waals surface area contributed by atoms with Gasteiger partial charge in [-0.3, -0.25) is 0 Å². The van der Waals surface area contributed by atoms with Gasteiger partial charge < -0.3 is 5.11 Å². The summed E-state index contributed by atoms with van der Waals surface area (Å²) in [5.74, 6) is -1.20. The highest BCUT2D eigenvalue weighted by Gasteiger charge is 2.23. The van der Waals surface area contributed by atoms with Crippen LogP contribution in [0.15, 0.2) is 28.7 Å². The molecule has 0 atom stereocenters. The summed E-state index contributed by atoms with van der Waals surface area (Å²) >= 11 is 3.22. The fourth-order valence-electron chi connectivity index (χ4n) is 0.844. The minimum Gasteiger partial charge on any atom is -0.472 e. The molecule has 0 amide bonds. The number of rotatable bonds is 2. The molecule has 13 heavy (non-hydrogen) atoms. The van der Waals surface area contributed by atoms with Crippen LogP contribution in [0.4, 0.5) is 0 Å². The summed E-state index contributed by atoms with van der Waals surface area (Å²) in [6.07, 6.45) is 0. The Morgan fingerprint density at radius 1 is 1.38 bits per heavy atom. The number of nitrogens with one attached hydrogen (secondary N) is 1. The fourth-order valence-corrected chi connectivity index (χ4v) is 1.11. The molecule has 1 rings (SSSR count). The average Bonchev–Trinajstić information content (AvgIpc) is 2.09. The lowest BCUT2D eigenvalue weighted by Gasteiger charge is -1.90. The predicted octanol–water partition coefficient (Wildman–Crippen LogP) is 1.56. The lowest BCUT2D eigenvalue weighted by molar-refractivity contribution is -0.147. The third-order valence-electron chi connectivity index (χ3n) is 1.43. The predicted molar refractivity (Wildman–Crippen MR) is 48.9 cm³/mol. The van der Waals surface area contributed by atoms with E-state index in [0.717, 1.165) is 4.47 Å². The van der Waals surface area contributed by atoms with Crippen molar-refractivity contribution in [2.45, 2.75) is 0 Å². The van der Waals surface area contributed by atoms with Crippen LogP contribution in [0.1, 0.15) is 5.56 Å². The molecule has 1 aromatic carbocycles. The van der Waals surface area contributed by atoms with Gasteiger partial charge in [0.2, 0.25) is 0 Å². The zero-order chi connectivity index (χ0) is 9.84. The van der Waals surface area contributed by atoms with Crippen LogP contribution in [0.3, 0.4) is 0 Å². The average molecular weight is 242 g/mol. The summed E-state index contributed by atoms with van der Waals surface area (Å²) in [6, 6.07) is 6.57. The Morgan fingerprint density at radius 2 is 1.92 bits per heavy atom. The van der Waals surface area contributed by atoms with Crippen molar-refractivity contribution < 1.29 is 14.7 Å². The zero-order valence-corrected chi connectivity index (χ0v) is 8.08. The summed E-state index contributed by atoms with van der Waals surface area (Å²) < 4.78 is 0.853. The van der Waals surface area contributed by atoms with E-state index in [9.17, 15) is 4.79 Å². The molecule has 0 spiro atoms. The molecule has 0 bridgehead atoms. The maximum Gasteiger partial charge on any atom is 0.455 e. The maximum atomic E-state index is 10.6. The van der Waals surface area contributed by atoms with E-state index in [1.165, 1.54) is 0 Å². The standard InChI is InChI=1S/C8H5BrN2O2/c9-6-3-1-5(2-4-6)7(11-10)8(12)13/h1-4,10H/p+1. The van der Waals surface area contributed by atoms with Crippen molar-refractivity contribution in [3.63, 3.8) is 0 Å². The number of hydrogen-bond acceptors (Lipinski definition) is 2. The third kappa shape index (κ3) is 2.24. The first-order valence-electron chi connectivity index (χ1n) is 3.39. The normalized spacial score (nSPS) is 9.00. The second-order valence-electron chi connectivity index (χ2n) is 2.27. The van der Waals surface area contributed by atoms with Crippen LogP contribution < -0.4 is 0 Å². The number of carboxylic acids is 1. The van der Waals surface area contributed by atoms with Crippen LogP contribution >= 0.6 is 15.9 Å². The van der Waals surface area contributed by atoms with Crippen LogP contribution in [-0.4, -0.2) is 21.6 Å². The van der Waals surface area contributed by atoms with Crippen molar-refractivity contribution >= 4 is 27.6 Å². The highest BCUT2D eigenvalue weighted by molar-refractivity contribution is 9.10. The number of aliphatic carboxylic acids is 1. The maximum absolute atomic E-state index is 10.6. The van der Waals surface area contributed by atoms with Gasteiger partial charge in [-0.2, -0.15) is 0 Å². The van der Waals surface area contributed by atoms with Gasteiger partial charge in [-0.15, -0.1) is 0 Å². The molecule has 1 aromatic rings. The molecule has 0 aromatic heterocycles. The lowest BCUT2D eigenvalue weighted by atomic mass is 10.1. The van der Waals surface area contributed by atoms with Crippen molar-refractivity contribution in [1.29, 1.82) is 5.53 Å². The van der Waals surface area contributed by atoms with E-state index in [1.807, 2.05) is 0 Å². The Morgan fingerprint density at radius 3 is 2.31 bits per heavy atom. The van der Waals surface area contributed by atoms with Gasteiger partial charge >= 0.3 is 11.7 Å². The molecule has 0 radical (unpaired) electrons. The smallest absolute Gasteiger partial charge is 0.455 e. The summed E-state index contributed by atoms with van der Waals surface area (Å²) in [5, 5.41) is 8.63. The van der Waals surface area contributed by atoms with Crippen LogP contribution in [0, 0.1) is 5.53 Å². The second kappa shape index (κ2) is 3.98. The number of carbonyl (C=O) groups is 1. The van der Waals surface area contributed by atoms with E-state index in [2.05, 4.69) is 20.7 Å². The summed E-state index contributed by atoms with van der Waals surface area (Å²) in [7, 11) is 0. The van der Waals surface area contributed by atoms with Crippen molar-refractivity contribution in [1.82, 2.24) is 0 Å². The molecule has 0 saturated carbocycles. The molecule has 0 heterocycles. The highest BCUT2D eigenvalue weighted by atomic mass is 79.9. The molecule has 0 aliphatic rings. The number of halogens is 1. The minimum absolute atomic E-state index is 0.257. The van der Waals surface area contributed by atoms with Crippen molar-refractivity contribution in [3.8, 4) is 0 Å². The SMILES string of the molecule is N=[N+]=C(C(=O)O)c1ccc(Br)cc1. The molecule has 0 saturated heterocycles. The monoisotopic (exact) mass is 241 g/mol. The number of nitrogens with zero attached hydrogens (tertiary/aromatic N) is 1. The molecular weight excluding hydrogens is 236 g/mol. The van der Waals surface area contributed by atoms with E-state index in [-0.39, 0.29) is 5.71 Å². The molecule has 0 aliphatic heterocycles. The summed E-state index contributed by atoms with van der Waals surface area (Å²) in [6.45, 7) is 0. The Kier molecular flexibility index (Phi) is 2.95. The first-order chi connectivity index (χ1) is 6.15. The van der Waals surface area contributed by atoms with Crippen LogP contribution in [-0.2, 0) is 4.79 Å². The molecule has 2 N–H and O–H groups in total. The van der Waals surface area contributed by atoms with Gasteiger partial charge in [-0.05, 0) is 24.3 Å². The molecule has 66 valence electrons. The zero-order valence-electron chi connectivity index (χ0n) is 6.49. The van der Waals surface area contributed by atoms with E-state index >= 15 is 0 Å². The lowest BCUT2D eigenvalue weighted by Crippen LogP contribution is -2.15. The Labute approximate surface area is 82.6 Å².